The minimum Gasteiger partial charge on any atom is -0.351 e. The third-order valence-corrected chi connectivity index (χ3v) is 4.22. The van der Waals surface area contributed by atoms with Gasteiger partial charge in [-0.2, -0.15) is 0 Å². The summed E-state index contributed by atoms with van der Waals surface area (Å²) in [4.78, 5) is 25.7. The van der Waals surface area contributed by atoms with E-state index in [-0.39, 0.29) is 17.9 Å². The van der Waals surface area contributed by atoms with Gasteiger partial charge < -0.3 is 10.2 Å². The number of hydrogen-bond acceptors (Lipinski definition) is 2. The highest BCUT2D eigenvalue weighted by molar-refractivity contribution is 5.82. The van der Waals surface area contributed by atoms with Crippen molar-refractivity contribution in [1.29, 1.82) is 0 Å². The zero-order chi connectivity index (χ0) is 14.7. The molecule has 0 radical (unpaired) electrons. The second-order valence-electron chi connectivity index (χ2n) is 6.08. The number of nitrogens with zero attached hydrogens (tertiary/aromatic N) is 1. The SMILES string of the molecule is O=C(CCCc1ccccc1)N[C@H]1CC(=O)N(C2CC2)C1. The van der Waals surface area contributed by atoms with E-state index in [1.807, 2.05) is 23.1 Å². The second kappa shape index (κ2) is 6.29. The number of hydrogen-bond donors (Lipinski definition) is 1. The molecule has 1 aliphatic heterocycles. The van der Waals surface area contributed by atoms with Crippen LogP contribution in [0.1, 0.15) is 37.7 Å². The first-order chi connectivity index (χ1) is 10.2. The van der Waals surface area contributed by atoms with E-state index in [9.17, 15) is 9.59 Å². The molecule has 1 aromatic rings. The third-order valence-electron chi connectivity index (χ3n) is 4.22. The maximum absolute atomic E-state index is 11.9. The predicted molar refractivity (Wildman–Crippen MR) is 80.7 cm³/mol. The van der Waals surface area contributed by atoms with Gasteiger partial charge in [-0.15, -0.1) is 0 Å². The molecule has 0 bridgehead atoms. The van der Waals surface area contributed by atoms with E-state index in [0.717, 1.165) is 25.7 Å². The van der Waals surface area contributed by atoms with E-state index in [1.165, 1.54) is 5.56 Å². The zero-order valence-corrected chi connectivity index (χ0v) is 12.3. The molecule has 1 saturated heterocycles. The van der Waals surface area contributed by atoms with Gasteiger partial charge in [-0.3, -0.25) is 9.59 Å². The number of likely N-dealkylation sites (tertiary alicyclic amines) is 1. The van der Waals surface area contributed by atoms with Gasteiger partial charge >= 0.3 is 0 Å². The van der Waals surface area contributed by atoms with E-state index in [2.05, 4.69) is 17.4 Å². The first-order valence-corrected chi connectivity index (χ1v) is 7.85. The smallest absolute Gasteiger partial charge is 0.225 e. The van der Waals surface area contributed by atoms with Crippen molar-refractivity contribution in [2.24, 2.45) is 0 Å². The van der Waals surface area contributed by atoms with Crippen LogP contribution in [0, 0.1) is 0 Å². The highest BCUT2D eigenvalue weighted by Gasteiger charge is 2.39. The molecule has 2 fully saturated rings. The standard InChI is InChI=1S/C17H22N2O2/c20-16(8-4-7-13-5-2-1-3-6-13)18-14-11-17(21)19(12-14)15-9-10-15/h1-3,5-6,14-15H,4,7-12H2,(H,18,20)/t14-/m0/s1. The summed E-state index contributed by atoms with van der Waals surface area (Å²) in [5, 5.41) is 3.01. The molecule has 4 nitrogen and oxygen atoms in total. The lowest BCUT2D eigenvalue weighted by atomic mass is 10.1. The second-order valence-corrected chi connectivity index (χ2v) is 6.08. The van der Waals surface area contributed by atoms with Gasteiger partial charge in [0.1, 0.15) is 0 Å². The highest BCUT2D eigenvalue weighted by Crippen LogP contribution is 2.30. The van der Waals surface area contributed by atoms with Crippen LogP contribution < -0.4 is 5.32 Å². The normalized spacial score (nSPS) is 21.6. The topological polar surface area (TPSA) is 49.4 Å². The average Bonchev–Trinajstić information content (AvgIpc) is 3.24. The highest BCUT2D eigenvalue weighted by atomic mass is 16.2. The van der Waals surface area contributed by atoms with Gasteiger partial charge in [0.2, 0.25) is 11.8 Å². The van der Waals surface area contributed by atoms with E-state index < -0.39 is 0 Å². The van der Waals surface area contributed by atoms with Crippen molar-refractivity contribution in [2.45, 2.75) is 50.6 Å². The van der Waals surface area contributed by atoms with Gasteiger partial charge in [0.05, 0.1) is 6.04 Å². The van der Waals surface area contributed by atoms with Crippen molar-refractivity contribution < 1.29 is 9.59 Å². The Hall–Kier alpha value is -1.84. The van der Waals surface area contributed by atoms with Gasteiger partial charge in [0, 0.05) is 25.4 Å². The van der Waals surface area contributed by atoms with Crippen molar-refractivity contribution in [3.8, 4) is 0 Å². The molecule has 4 heteroatoms. The fraction of sp³-hybridized carbons (Fsp3) is 0.529. The molecule has 21 heavy (non-hydrogen) atoms. The van der Waals surface area contributed by atoms with Crippen LogP contribution in [0.2, 0.25) is 0 Å². The summed E-state index contributed by atoms with van der Waals surface area (Å²) >= 11 is 0. The Morgan fingerprint density at radius 2 is 2.00 bits per heavy atom. The largest absolute Gasteiger partial charge is 0.351 e. The molecule has 1 heterocycles. The molecule has 2 amide bonds. The fourth-order valence-corrected chi connectivity index (χ4v) is 2.97. The maximum atomic E-state index is 11.9. The molecule has 1 aromatic carbocycles. The lowest BCUT2D eigenvalue weighted by Crippen LogP contribution is -2.37. The van der Waals surface area contributed by atoms with Gasteiger partial charge in [0.25, 0.3) is 0 Å². The number of carbonyl (C=O) groups is 2. The van der Waals surface area contributed by atoms with Crippen LogP contribution in [0.15, 0.2) is 30.3 Å². The number of nitrogens with one attached hydrogen (secondary N) is 1. The lowest BCUT2D eigenvalue weighted by Gasteiger charge is -2.16. The molecular formula is C17H22N2O2. The molecule has 1 atom stereocenters. The molecule has 0 spiro atoms. The Kier molecular flexibility index (Phi) is 4.23. The van der Waals surface area contributed by atoms with Gasteiger partial charge in [-0.05, 0) is 31.2 Å². The Bertz CT molecular complexity index is 511. The van der Waals surface area contributed by atoms with E-state index in [0.29, 0.717) is 25.4 Å². The van der Waals surface area contributed by atoms with Gasteiger partial charge in [-0.25, -0.2) is 0 Å². The molecule has 1 aliphatic carbocycles. The Labute approximate surface area is 125 Å². The van der Waals surface area contributed by atoms with Crippen molar-refractivity contribution in [2.75, 3.05) is 6.54 Å². The monoisotopic (exact) mass is 286 g/mol. The lowest BCUT2D eigenvalue weighted by molar-refractivity contribution is -0.128. The Morgan fingerprint density at radius 1 is 1.24 bits per heavy atom. The molecule has 2 aliphatic rings. The number of benzene rings is 1. The van der Waals surface area contributed by atoms with E-state index in [1.54, 1.807) is 0 Å². The summed E-state index contributed by atoms with van der Waals surface area (Å²) in [6, 6.07) is 10.7. The minimum atomic E-state index is 0.0160. The Balaban J connectivity index is 1.37. The van der Waals surface area contributed by atoms with Crippen molar-refractivity contribution in [3.05, 3.63) is 35.9 Å². The number of aryl methyl sites for hydroxylation is 1. The number of amides is 2. The number of carbonyl (C=O) groups excluding carboxylic acids is 2. The van der Waals surface area contributed by atoms with Gasteiger partial charge in [0.15, 0.2) is 0 Å². The van der Waals surface area contributed by atoms with Crippen molar-refractivity contribution >= 4 is 11.8 Å². The molecular weight excluding hydrogens is 264 g/mol. The summed E-state index contributed by atoms with van der Waals surface area (Å²) < 4.78 is 0. The predicted octanol–water partition coefficient (Wildman–Crippen LogP) is 1.89. The van der Waals surface area contributed by atoms with Crippen LogP contribution in [0.4, 0.5) is 0 Å². The molecule has 1 saturated carbocycles. The van der Waals surface area contributed by atoms with Crippen LogP contribution in [-0.4, -0.2) is 35.3 Å². The van der Waals surface area contributed by atoms with Crippen molar-refractivity contribution in [3.63, 3.8) is 0 Å². The minimum absolute atomic E-state index is 0.0160. The summed E-state index contributed by atoms with van der Waals surface area (Å²) in [5.41, 5.74) is 1.27. The molecule has 0 unspecified atom stereocenters. The first kappa shape index (κ1) is 14.1. The molecule has 0 aromatic heterocycles. The first-order valence-electron chi connectivity index (χ1n) is 7.85. The zero-order valence-electron chi connectivity index (χ0n) is 12.3. The van der Waals surface area contributed by atoms with Crippen molar-refractivity contribution in [1.82, 2.24) is 10.2 Å². The Morgan fingerprint density at radius 3 is 2.71 bits per heavy atom. The molecule has 3 rings (SSSR count). The summed E-state index contributed by atoms with van der Waals surface area (Å²) in [5.74, 6) is 0.272. The summed E-state index contributed by atoms with van der Waals surface area (Å²) in [6.45, 7) is 0.702. The quantitative estimate of drug-likeness (QED) is 0.868. The van der Waals surface area contributed by atoms with Crippen LogP contribution >= 0.6 is 0 Å². The van der Waals surface area contributed by atoms with Gasteiger partial charge in [-0.1, -0.05) is 30.3 Å². The summed E-state index contributed by atoms with van der Waals surface area (Å²) in [6.07, 6.45) is 5.03. The van der Waals surface area contributed by atoms with Crippen LogP contribution in [-0.2, 0) is 16.0 Å². The van der Waals surface area contributed by atoms with E-state index in [4.69, 9.17) is 0 Å². The summed E-state index contributed by atoms with van der Waals surface area (Å²) in [7, 11) is 0. The fourth-order valence-electron chi connectivity index (χ4n) is 2.97. The third kappa shape index (κ3) is 3.84. The number of rotatable bonds is 6. The molecule has 1 N–H and O–H groups in total. The maximum Gasteiger partial charge on any atom is 0.225 e. The van der Waals surface area contributed by atoms with E-state index >= 15 is 0 Å². The molecule has 112 valence electrons. The van der Waals surface area contributed by atoms with Crippen LogP contribution in [0.3, 0.4) is 0 Å². The van der Waals surface area contributed by atoms with Crippen LogP contribution in [0.5, 0.6) is 0 Å². The van der Waals surface area contributed by atoms with Crippen LogP contribution in [0.25, 0.3) is 0 Å². The average molecular weight is 286 g/mol.